The van der Waals surface area contributed by atoms with Gasteiger partial charge in [-0.3, -0.25) is 0 Å². The van der Waals surface area contributed by atoms with Crippen LogP contribution in [0.5, 0.6) is 0 Å². The third-order valence-electron chi connectivity index (χ3n) is 3.11. The Morgan fingerprint density at radius 3 is 2.59 bits per heavy atom. The summed E-state index contributed by atoms with van der Waals surface area (Å²) < 4.78 is 11.1. The number of ether oxygens (including phenoxy) is 2. The number of aryl methyl sites for hydroxylation is 1. The Morgan fingerprint density at radius 1 is 1.18 bits per heavy atom. The molecule has 0 bridgehead atoms. The molecular formula is C14H21NO2. The van der Waals surface area contributed by atoms with E-state index < -0.39 is 0 Å². The number of hydrogen-bond donors (Lipinski definition) is 1. The Balaban J connectivity index is 1.60. The highest BCUT2D eigenvalue weighted by Gasteiger charge is 2.13. The third kappa shape index (κ3) is 4.36. The van der Waals surface area contributed by atoms with Gasteiger partial charge in [-0.1, -0.05) is 12.1 Å². The Labute approximate surface area is 103 Å². The van der Waals surface area contributed by atoms with Gasteiger partial charge in [0.05, 0.1) is 6.10 Å². The van der Waals surface area contributed by atoms with Crippen molar-refractivity contribution in [1.82, 2.24) is 0 Å². The Bertz CT molecular complexity index is 317. The molecule has 0 radical (unpaired) electrons. The number of anilines is 1. The Morgan fingerprint density at radius 2 is 1.88 bits per heavy atom. The minimum atomic E-state index is 0.412. The summed E-state index contributed by atoms with van der Waals surface area (Å²) in [4.78, 5) is 0. The van der Waals surface area contributed by atoms with Gasteiger partial charge >= 0.3 is 0 Å². The second-order valence-corrected chi connectivity index (χ2v) is 4.53. The first-order valence-corrected chi connectivity index (χ1v) is 6.38. The molecule has 94 valence electrons. The van der Waals surface area contributed by atoms with Crippen LogP contribution in [0.2, 0.25) is 0 Å². The van der Waals surface area contributed by atoms with Crippen LogP contribution in [0.1, 0.15) is 24.8 Å². The van der Waals surface area contributed by atoms with Crippen LogP contribution in [-0.4, -0.2) is 25.9 Å². The van der Waals surface area contributed by atoms with Gasteiger partial charge in [-0.05, 0) is 43.4 Å². The highest BCUT2D eigenvalue weighted by molar-refractivity contribution is 5.39. The van der Waals surface area contributed by atoms with Crippen molar-refractivity contribution < 1.29 is 9.47 Å². The molecule has 0 aromatic heterocycles. The lowest BCUT2D eigenvalue weighted by atomic mass is 10.1. The Hall–Kier alpha value is -1.06. The Kier molecular flexibility index (Phi) is 4.83. The zero-order chi connectivity index (χ0) is 11.9. The van der Waals surface area contributed by atoms with E-state index >= 15 is 0 Å². The number of benzene rings is 1. The largest absolute Gasteiger partial charge is 0.399 e. The SMILES string of the molecule is Nc1ccc(CCCOC2CCOCC2)cc1. The van der Waals surface area contributed by atoms with Crippen molar-refractivity contribution in [3.05, 3.63) is 29.8 Å². The lowest BCUT2D eigenvalue weighted by Crippen LogP contribution is -2.23. The van der Waals surface area contributed by atoms with Crippen LogP contribution in [0, 0.1) is 0 Å². The van der Waals surface area contributed by atoms with Gasteiger partial charge in [-0.2, -0.15) is 0 Å². The summed E-state index contributed by atoms with van der Waals surface area (Å²) in [6, 6.07) is 8.08. The van der Waals surface area contributed by atoms with E-state index in [1.165, 1.54) is 5.56 Å². The van der Waals surface area contributed by atoms with Gasteiger partial charge < -0.3 is 15.2 Å². The van der Waals surface area contributed by atoms with Crippen LogP contribution in [0.15, 0.2) is 24.3 Å². The van der Waals surface area contributed by atoms with Gasteiger partial charge in [0.25, 0.3) is 0 Å². The molecule has 0 aliphatic carbocycles. The zero-order valence-electron chi connectivity index (χ0n) is 10.2. The first-order chi connectivity index (χ1) is 8.34. The average molecular weight is 235 g/mol. The molecule has 0 amide bonds. The lowest BCUT2D eigenvalue weighted by Gasteiger charge is -2.22. The maximum atomic E-state index is 5.82. The highest BCUT2D eigenvalue weighted by atomic mass is 16.5. The second-order valence-electron chi connectivity index (χ2n) is 4.53. The molecule has 1 fully saturated rings. The normalized spacial score (nSPS) is 17.2. The van der Waals surface area contributed by atoms with E-state index in [1.807, 2.05) is 12.1 Å². The molecule has 1 aromatic carbocycles. The standard InChI is InChI=1S/C14H21NO2/c15-13-5-3-12(4-6-13)2-1-9-17-14-7-10-16-11-8-14/h3-6,14H,1-2,7-11,15H2. The number of hydrogen-bond acceptors (Lipinski definition) is 3. The van der Waals surface area contributed by atoms with Gasteiger partial charge in [0.2, 0.25) is 0 Å². The van der Waals surface area contributed by atoms with E-state index in [0.29, 0.717) is 6.10 Å². The smallest absolute Gasteiger partial charge is 0.0619 e. The first kappa shape index (κ1) is 12.4. The zero-order valence-corrected chi connectivity index (χ0v) is 10.2. The van der Waals surface area contributed by atoms with Crippen molar-refractivity contribution in [3.63, 3.8) is 0 Å². The molecule has 17 heavy (non-hydrogen) atoms. The van der Waals surface area contributed by atoms with Gasteiger partial charge in [-0.15, -0.1) is 0 Å². The van der Waals surface area contributed by atoms with Crippen LogP contribution in [0.25, 0.3) is 0 Å². The summed E-state index contributed by atoms with van der Waals surface area (Å²) in [7, 11) is 0. The summed E-state index contributed by atoms with van der Waals surface area (Å²) in [5, 5.41) is 0. The molecule has 0 spiro atoms. The van der Waals surface area contributed by atoms with Gasteiger partial charge in [0.15, 0.2) is 0 Å². The molecule has 1 saturated heterocycles. The summed E-state index contributed by atoms with van der Waals surface area (Å²) in [5.41, 5.74) is 7.80. The van der Waals surface area contributed by atoms with Crippen LogP contribution >= 0.6 is 0 Å². The maximum Gasteiger partial charge on any atom is 0.0619 e. The van der Waals surface area contributed by atoms with E-state index in [9.17, 15) is 0 Å². The fourth-order valence-corrected chi connectivity index (χ4v) is 2.05. The van der Waals surface area contributed by atoms with Gasteiger partial charge in [0, 0.05) is 25.5 Å². The van der Waals surface area contributed by atoms with Gasteiger partial charge in [0.1, 0.15) is 0 Å². The molecular weight excluding hydrogens is 214 g/mol. The highest BCUT2D eigenvalue weighted by Crippen LogP contribution is 2.12. The fourth-order valence-electron chi connectivity index (χ4n) is 2.05. The summed E-state index contributed by atoms with van der Waals surface area (Å²) >= 11 is 0. The number of nitrogen functional groups attached to an aromatic ring is 1. The molecule has 1 aliphatic heterocycles. The van der Waals surface area contributed by atoms with Crippen molar-refractivity contribution in [2.24, 2.45) is 0 Å². The van der Waals surface area contributed by atoms with Crippen molar-refractivity contribution in [2.75, 3.05) is 25.6 Å². The second kappa shape index (κ2) is 6.62. The molecule has 0 atom stereocenters. The number of nitrogens with two attached hydrogens (primary N) is 1. The van der Waals surface area contributed by atoms with Crippen molar-refractivity contribution in [3.8, 4) is 0 Å². The van der Waals surface area contributed by atoms with E-state index in [2.05, 4.69) is 12.1 Å². The fraction of sp³-hybridized carbons (Fsp3) is 0.571. The predicted molar refractivity (Wildman–Crippen MR) is 69.0 cm³/mol. The molecule has 1 heterocycles. The molecule has 1 aliphatic rings. The summed E-state index contributed by atoms with van der Waals surface area (Å²) in [5.74, 6) is 0. The van der Waals surface area contributed by atoms with Crippen LogP contribution in [0.3, 0.4) is 0 Å². The van der Waals surface area contributed by atoms with Crippen molar-refractivity contribution in [1.29, 1.82) is 0 Å². The van der Waals surface area contributed by atoms with E-state index in [-0.39, 0.29) is 0 Å². The minimum absolute atomic E-state index is 0.412. The topological polar surface area (TPSA) is 44.5 Å². The molecule has 0 unspecified atom stereocenters. The third-order valence-corrected chi connectivity index (χ3v) is 3.11. The number of rotatable bonds is 5. The van der Waals surface area contributed by atoms with Crippen molar-refractivity contribution in [2.45, 2.75) is 31.8 Å². The first-order valence-electron chi connectivity index (χ1n) is 6.38. The van der Waals surface area contributed by atoms with Crippen LogP contribution < -0.4 is 5.73 Å². The molecule has 1 aromatic rings. The summed E-state index contributed by atoms with van der Waals surface area (Å²) in [6.07, 6.45) is 4.63. The maximum absolute atomic E-state index is 5.82. The van der Waals surface area contributed by atoms with E-state index in [4.69, 9.17) is 15.2 Å². The van der Waals surface area contributed by atoms with E-state index in [1.54, 1.807) is 0 Å². The van der Waals surface area contributed by atoms with E-state index in [0.717, 1.165) is 51.2 Å². The average Bonchev–Trinajstić information content (AvgIpc) is 2.38. The quantitative estimate of drug-likeness (QED) is 0.629. The molecule has 3 heteroatoms. The minimum Gasteiger partial charge on any atom is -0.399 e. The van der Waals surface area contributed by atoms with Gasteiger partial charge in [-0.25, -0.2) is 0 Å². The molecule has 0 saturated carbocycles. The monoisotopic (exact) mass is 235 g/mol. The lowest BCUT2D eigenvalue weighted by molar-refractivity contribution is -0.0322. The van der Waals surface area contributed by atoms with Crippen LogP contribution in [-0.2, 0) is 15.9 Å². The molecule has 2 rings (SSSR count). The van der Waals surface area contributed by atoms with Crippen LogP contribution in [0.4, 0.5) is 5.69 Å². The molecule has 3 nitrogen and oxygen atoms in total. The summed E-state index contributed by atoms with van der Waals surface area (Å²) in [6.45, 7) is 2.54. The predicted octanol–water partition coefficient (Wildman–Crippen LogP) is 2.40. The molecule has 2 N–H and O–H groups in total. The van der Waals surface area contributed by atoms with Crippen molar-refractivity contribution >= 4 is 5.69 Å².